The number of hydrogen-bond acceptors (Lipinski definition) is 4. The standard InChI is InChI=1S/C23H24N6O/c1-15-12-21(20-8-4-5-10-24-20)28-22-18(14-27-29(15)22)23(30)25-11-9-16-13-26-19-7-3-2-6-17(16)19/h2-8,10,13-15,21,26,28H,9,11-12H2,1H3,(H,25,30). The SMILES string of the molecule is CC1CC(c2ccccn2)Nc2c(C(=O)NCCc3c[nH]c4ccccc34)cnn21. The lowest BCUT2D eigenvalue weighted by molar-refractivity contribution is 0.0954. The van der Waals surface area contributed by atoms with Crippen LogP contribution in [-0.2, 0) is 6.42 Å². The second kappa shape index (κ2) is 7.67. The highest BCUT2D eigenvalue weighted by atomic mass is 16.1. The van der Waals surface area contributed by atoms with Crippen molar-refractivity contribution in [3.63, 3.8) is 0 Å². The molecule has 3 aromatic heterocycles. The number of nitrogens with zero attached hydrogens (tertiary/aromatic N) is 3. The number of hydrogen-bond donors (Lipinski definition) is 3. The molecule has 1 aliphatic rings. The minimum atomic E-state index is -0.113. The van der Waals surface area contributed by atoms with Gasteiger partial charge in [-0.25, -0.2) is 4.68 Å². The van der Waals surface area contributed by atoms with E-state index in [1.165, 1.54) is 10.9 Å². The monoisotopic (exact) mass is 400 g/mol. The van der Waals surface area contributed by atoms with E-state index >= 15 is 0 Å². The molecule has 4 aromatic rings. The fourth-order valence-electron chi connectivity index (χ4n) is 4.19. The molecule has 5 rings (SSSR count). The Labute approximate surface area is 174 Å². The Morgan fingerprint density at radius 1 is 1.23 bits per heavy atom. The summed E-state index contributed by atoms with van der Waals surface area (Å²) >= 11 is 0. The van der Waals surface area contributed by atoms with Gasteiger partial charge in [-0.3, -0.25) is 9.78 Å². The quantitative estimate of drug-likeness (QED) is 0.475. The van der Waals surface area contributed by atoms with Gasteiger partial charge < -0.3 is 15.6 Å². The Morgan fingerprint density at radius 2 is 2.10 bits per heavy atom. The molecule has 30 heavy (non-hydrogen) atoms. The molecule has 0 bridgehead atoms. The number of anilines is 1. The van der Waals surface area contributed by atoms with Crippen LogP contribution < -0.4 is 10.6 Å². The van der Waals surface area contributed by atoms with E-state index in [4.69, 9.17) is 0 Å². The number of pyridine rings is 1. The zero-order chi connectivity index (χ0) is 20.5. The molecular weight excluding hydrogens is 376 g/mol. The minimum Gasteiger partial charge on any atom is -0.361 e. The van der Waals surface area contributed by atoms with Gasteiger partial charge in [-0.2, -0.15) is 5.10 Å². The predicted octanol–water partition coefficient (Wildman–Crippen LogP) is 3.85. The molecule has 152 valence electrons. The number of fused-ring (bicyclic) bond motifs is 2. The molecule has 3 N–H and O–H groups in total. The predicted molar refractivity (Wildman–Crippen MR) is 116 cm³/mol. The number of aromatic amines is 1. The molecule has 1 aromatic carbocycles. The Hall–Kier alpha value is -3.61. The van der Waals surface area contributed by atoms with Crippen molar-refractivity contribution in [3.05, 3.63) is 77.9 Å². The summed E-state index contributed by atoms with van der Waals surface area (Å²) in [5.41, 5.74) is 3.86. The van der Waals surface area contributed by atoms with Crippen molar-refractivity contribution < 1.29 is 4.79 Å². The summed E-state index contributed by atoms with van der Waals surface area (Å²) < 4.78 is 1.90. The van der Waals surface area contributed by atoms with Crippen LogP contribution in [0.4, 0.5) is 5.82 Å². The van der Waals surface area contributed by atoms with Gasteiger partial charge >= 0.3 is 0 Å². The second-order valence-corrected chi connectivity index (χ2v) is 7.75. The first-order chi connectivity index (χ1) is 14.7. The molecule has 4 heterocycles. The normalized spacial score (nSPS) is 18.0. The fourth-order valence-corrected chi connectivity index (χ4v) is 4.19. The molecule has 7 heteroatoms. The Bertz CT molecular complexity index is 1180. The van der Waals surface area contributed by atoms with E-state index in [1.54, 1.807) is 12.4 Å². The lowest BCUT2D eigenvalue weighted by Gasteiger charge is -2.30. The van der Waals surface area contributed by atoms with E-state index in [0.29, 0.717) is 12.1 Å². The summed E-state index contributed by atoms with van der Waals surface area (Å²) in [5, 5.41) is 12.2. The van der Waals surface area contributed by atoms with Crippen molar-refractivity contribution in [2.24, 2.45) is 0 Å². The van der Waals surface area contributed by atoms with Gasteiger partial charge in [0.15, 0.2) is 0 Å². The van der Waals surface area contributed by atoms with Gasteiger partial charge in [-0.1, -0.05) is 24.3 Å². The van der Waals surface area contributed by atoms with Crippen molar-refractivity contribution in [2.75, 3.05) is 11.9 Å². The van der Waals surface area contributed by atoms with Crippen LogP contribution in [0.2, 0.25) is 0 Å². The number of benzene rings is 1. The molecule has 1 aliphatic heterocycles. The zero-order valence-electron chi connectivity index (χ0n) is 16.8. The van der Waals surface area contributed by atoms with Crippen LogP contribution in [0.15, 0.2) is 61.1 Å². The van der Waals surface area contributed by atoms with Crippen molar-refractivity contribution in [1.29, 1.82) is 0 Å². The molecular formula is C23H24N6O. The maximum atomic E-state index is 12.9. The smallest absolute Gasteiger partial charge is 0.256 e. The summed E-state index contributed by atoms with van der Waals surface area (Å²) in [7, 11) is 0. The van der Waals surface area contributed by atoms with Crippen LogP contribution in [0.25, 0.3) is 10.9 Å². The lowest BCUT2D eigenvalue weighted by atomic mass is 10.0. The van der Waals surface area contributed by atoms with Gasteiger partial charge in [0.05, 0.1) is 24.0 Å². The van der Waals surface area contributed by atoms with E-state index < -0.39 is 0 Å². The van der Waals surface area contributed by atoms with E-state index in [1.807, 2.05) is 41.2 Å². The summed E-state index contributed by atoms with van der Waals surface area (Å²) in [5.74, 6) is 0.645. The Morgan fingerprint density at radius 3 is 2.97 bits per heavy atom. The van der Waals surface area contributed by atoms with Gasteiger partial charge in [0, 0.05) is 29.8 Å². The molecule has 2 atom stereocenters. The molecule has 2 unspecified atom stereocenters. The van der Waals surface area contributed by atoms with Crippen LogP contribution in [-0.4, -0.2) is 32.2 Å². The van der Waals surface area contributed by atoms with Gasteiger partial charge in [0.1, 0.15) is 11.4 Å². The fraction of sp³-hybridized carbons (Fsp3) is 0.261. The average Bonchev–Trinajstić information content (AvgIpc) is 3.39. The number of amides is 1. The van der Waals surface area contributed by atoms with E-state index in [9.17, 15) is 4.79 Å². The summed E-state index contributed by atoms with van der Waals surface area (Å²) in [6, 6.07) is 14.3. The molecule has 0 aliphatic carbocycles. The molecule has 0 spiro atoms. The van der Waals surface area contributed by atoms with Crippen LogP contribution >= 0.6 is 0 Å². The number of aromatic nitrogens is 4. The highest BCUT2D eigenvalue weighted by molar-refractivity contribution is 5.99. The third kappa shape index (κ3) is 3.32. The number of nitrogens with one attached hydrogen (secondary N) is 3. The number of para-hydroxylation sites is 1. The first-order valence-electron chi connectivity index (χ1n) is 10.3. The van der Waals surface area contributed by atoms with E-state index in [-0.39, 0.29) is 18.0 Å². The topological polar surface area (TPSA) is 87.6 Å². The van der Waals surface area contributed by atoms with Crippen LogP contribution in [0.5, 0.6) is 0 Å². The van der Waals surface area contributed by atoms with E-state index in [0.717, 1.165) is 29.9 Å². The summed E-state index contributed by atoms with van der Waals surface area (Å²) in [6.07, 6.45) is 7.10. The van der Waals surface area contributed by atoms with Crippen molar-refractivity contribution in [2.45, 2.75) is 31.8 Å². The second-order valence-electron chi connectivity index (χ2n) is 7.75. The highest BCUT2D eigenvalue weighted by Crippen LogP contribution is 2.35. The molecule has 0 saturated carbocycles. The maximum Gasteiger partial charge on any atom is 0.256 e. The largest absolute Gasteiger partial charge is 0.361 e. The number of carbonyl (C=O) groups is 1. The van der Waals surface area contributed by atoms with Gasteiger partial charge in [0.25, 0.3) is 5.91 Å². The number of rotatable bonds is 5. The third-order valence-electron chi connectivity index (χ3n) is 5.74. The van der Waals surface area contributed by atoms with Crippen molar-refractivity contribution >= 4 is 22.6 Å². The van der Waals surface area contributed by atoms with Crippen molar-refractivity contribution in [3.8, 4) is 0 Å². The molecule has 0 fully saturated rings. The lowest BCUT2D eigenvalue weighted by Crippen LogP contribution is -2.30. The average molecular weight is 400 g/mol. The first-order valence-corrected chi connectivity index (χ1v) is 10.3. The molecule has 1 amide bonds. The molecule has 0 radical (unpaired) electrons. The minimum absolute atomic E-state index is 0.0585. The zero-order valence-corrected chi connectivity index (χ0v) is 16.8. The Balaban J connectivity index is 1.29. The first kappa shape index (κ1) is 18.4. The van der Waals surface area contributed by atoms with Crippen LogP contribution in [0, 0.1) is 0 Å². The van der Waals surface area contributed by atoms with E-state index in [2.05, 4.69) is 44.8 Å². The van der Waals surface area contributed by atoms with Gasteiger partial charge in [-0.05, 0) is 43.5 Å². The number of H-pyrrole nitrogens is 1. The van der Waals surface area contributed by atoms with Gasteiger partial charge in [0.2, 0.25) is 0 Å². The maximum absolute atomic E-state index is 12.9. The molecule has 7 nitrogen and oxygen atoms in total. The summed E-state index contributed by atoms with van der Waals surface area (Å²) in [4.78, 5) is 20.6. The third-order valence-corrected chi connectivity index (χ3v) is 5.74. The highest BCUT2D eigenvalue weighted by Gasteiger charge is 2.30. The summed E-state index contributed by atoms with van der Waals surface area (Å²) in [6.45, 7) is 2.68. The molecule has 0 saturated heterocycles. The van der Waals surface area contributed by atoms with Crippen LogP contribution in [0.1, 0.15) is 47.0 Å². The van der Waals surface area contributed by atoms with Crippen molar-refractivity contribution in [1.82, 2.24) is 25.1 Å². The van der Waals surface area contributed by atoms with Gasteiger partial charge in [-0.15, -0.1) is 0 Å². The van der Waals surface area contributed by atoms with Crippen LogP contribution in [0.3, 0.4) is 0 Å². The Kier molecular flexibility index (Phi) is 4.71. The number of carbonyl (C=O) groups excluding carboxylic acids is 1.